The second kappa shape index (κ2) is 14.1. The van der Waals surface area contributed by atoms with Gasteiger partial charge in [0, 0.05) is 17.7 Å². The molecule has 4 aromatic rings. The van der Waals surface area contributed by atoms with Crippen LogP contribution in [0.4, 0.5) is 0 Å². The molecule has 6 heteroatoms. The summed E-state index contributed by atoms with van der Waals surface area (Å²) in [6, 6.07) is 24.3. The van der Waals surface area contributed by atoms with Crippen LogP contribution in [-0.4, -0.2) is 35.9 Å². The third-order valence-corrected chi connectivity index (χ3v) is 8.98. The van der Waals surface area contributed by atoms with Gasteiger partial charge in [-0.25, -0.2) is 4.68 Å². The molecule has 0 unspecified atom stereocenters. The Bertz CT molecular complexity index is 1530. The molecule has 0 spiro atoms. The summed E-state index contributed by atoms with van der Waals surface area (Å²) in [5.41, 5.74) is 6.90. The van der Waals surface area contributed by atoms with Crippen molar-refractivity contribution in [2.75, 3.05) is 20.3 Å². The molecule has 4 rings (SSSR count). The number of benzene rings is 3. The molecule has 0 aliphatic heterocycles. The van der Waals surface area contributed by atoms with Gasteiger partial charge in [0.15, 0.2) is 0 Å². The van der Waals surface area contributed by atoms with E-state index in [0.717, 1.165) is 59.7 Å². The van der Waals surface area contributed by atoms with Crippen molar-refractivity contribution in [2.24, 2.45) is 0 Å². The number of aromatic nitrogens is 2. The Hall–Kier alpha value is -4.06. The number of nitrogens with one attached hydrogen (secondary N) is 1. The van der Waals surface area contributed by atoms with Crippen LogP contribution in [0.2, 0.25) is 0 Å². The van der Waals surface area contributed by atoms with Gasteiger partial charge in [0.2, 0.25) is 0 Å². The van der Waals surface area contributed by atoms with Crippen LogP contribution in [0.15, 0.2) is 72.8 Å². The molecule has 0 aliphatic rings. The van der Waals surface area contributed by atoms with Gasteiger partial charge in [-0.15, -0.1) is 0 Å². The summed E-state index contributed by atoms with van der Waals surface area (Å²) in [5, 5.41) is 7.91. The first-order valence-corrected chi connectivity index (χ1v) is 15.9. The van der Waals surface area contributed by atoms with Crippen LogP contribution in [0.25, 0.3) is 16.9 Å². The van der Waals surface area contributed by atoms with Crippen molar-refractivity contribution in [2.45, 2.75) is 85.0 Å². The number of carbonyl (C=O) groups excluding carboxylic acids is 1. The van der Waals surface area contributed by atoms with Crippen molar-refractivity contribution in [3.8, 4) is 28.4 Å². The van der Waals surface area contributed by atoms with E-state index < -0.39 is 0 Å². The molecule has 0 saturated carbocycles. The molecule has 1 amide bonds. The molecule has 0 atom stereocenters. The SMILES string of the molecule is CCC(C)(C)c1ccc(OCCCCNC(=O)c2cc(-c3ccc(OC)cc3)nn2-c2ccc(C)cc2)c(C(C)(C)CC)c1. The van der Waals surface area contributed by atoms with E-state index in [2.05, 4.69) is 65.1 Å². The third kappa shape index (κ3) is 7.71. The minimum Gasteiger partial charge on any atom is -0.497 e. The number of ether oxygens (including phenoxy) is 2. The van der Waals surface area contributed by atoms with Crippen LogP contribution < -0.4 is 14.8 Å². The Morgan fingerprint density at radius 2 is 1.55 bits per heavy atom. The normalized spacial score (nSPS) is 11.8. The van der Waals surface area contributed by atoms with E-state index in [4.69, 9.17) is 14.6 Å². The van der Waals surface area contributed by atoms with Gasteiger partial charge in [0.05, 0.1) is 25.1 Å². The molecule has 1 heterocycles. The average molecular weight is 596 g/mol. The second-order valence-electron chi connectivity index (χ2n) is 12.9. The van der Waals surface area contributed by atoms with E-state index in [1.54, 1.807) is 11.8 Å². The lowest BCUT2D eigenvalue weighted by molar-refractivity contribution is 0.0944. The van der Waals surface area contributed by atoms with Crippen molar-refractivity contribution in [3.63, 3.8) is 0 Å². The number of hydrogen-bond donors (Lipinski definition) is 1. The molecule has 1 N–H and O–H groups in total. The monoisotopic (exact) mass is 595 g/mol. The molecule has 234 valence electrons. The number of hydrogen-bond acceptors (Lipinski definition) is 4. The lowest BCUT2D eigenvalue weighted by Gasteiger charge is -2.30. The maximum Gasteiger partial charge on any atom is 0.270 e. The summed E-state index contributed by atoms with van der Waals surface area (Å²) in [4.78, 5) is 13.4. The van der Waals surface area contributed by atoms with Crippen LogP contribution in [0.1, 0.15) is 94.4 Å². The zero-order chi connectivity index (χ0) is 31.9. The van der Waals surface area contributed by atoms with Gasteiger partial charge in [-0.05, 0) is 97.5 Å². The second-order valence-corrected chi connectivity index (χ2v) is 12.9. The van der Waals surface area contributed by atoms with Crippen molar-refractivity contribution in [3.05, 3.63) is 95.2 Å². The van der Waals surface area contributed by atoms with Gasteiger partial charge in [0.1, 0.15) is 17.2 Å². The van der Waals surface area contributed by atoms with Crippen molar-refractivity contribution in [1.29, 1.82) is 0 Å². The van der Waals surface area contributed by atoms with E-state index in [1.165, 1.54) is 11.1 Å². The number of nitrogens with zero attached hydrogens (tertiary/aromatic N) is 2. The standard InChI is InChI=1S/C38H49N3O3/c1-9-37(4,5)29-17-22-35(32(25-29)38(6,7)10-2)44-24-12-11-23-39-36(42)34-26-33(28-15-20-31(43-8)21-16-28)40-41(34)30-18-13-27(3)14-19-30/h13-22,25-26H,9-12,23-24H2,1-8H3,(H,39,42). The lowest BCUT2D eigenvalue weighted by atomic mass is 9.76. The highest BCUT2D eigenvalue weighted by molar-refractivity contribution is 5.94. The number of unbranched alkanes of at least 4 members (excludes halogenated alkanes) is 1. The highest BCUT2D eigenvalue weighted by Crippen LogP contribution is 2.38. The molecule has 44 heavy (non-hydrogen) atoms. The number of rotatable bonds is 14. The Morgan fingerprint density at radius 3 is 2.18 bits per heavy atom. The molecular weight excluding hydrogens is 546 g/mol. The first-order valence-electron chi connectivity index (χ1n) is 15.9. The molecule has 0 aliphatic carbocycles. The summed E-state index contributed by atoms with van der Waals surface area (Å²) >= 11 is 0. The zero-order valence-electron chi connectivity index (χ0n) is 27.8. The first kappa shape index (κ1) is 32.8. The maximum absolute atomic E-state index is 13.4. The van der Waals surface area contributed by atoms with E-state index in [1.807, 2.05) is 61.5 Å². The Balaban J connectivity index is 1.40. The molecule has 0 radical (unpaired) electrons. The minimum atomic E-state index is -0.153. The zero-order valence-corrected chi connectivity index (χ0v) is 27.8. The fourth-order valence-corrected chi connectivity index (χ4v) is 5.03. The van der Waals surface area contributed by atoms with E-state index in [0.29, 0.717) is 18.8 Å². The van der Waals surface area contributed by atoms with Crippen molar-refractivity contribution in [1.82, 2.24) is 15.1 Å². The summed E-state index contributed by atoms with van der Waals surface area (Å²) in [7, 11) is 1.64. The quantitative estimate of drug-likeness (QED) is 0.148. The van der Waals surface area contributed by atoms with Gasteiger partial charge in [-0.2, -0.15) is 5.10 Å². The van der Waals surface area contributed by atoms with E-state index in [-0.39, 0.29) is 16.7 Å². The van der Waals surface area contributed by atoms with Crippen molar-refractivity contribution < 1.29 is 14.3 Å². The number of methoxy groups -OCH3 is 1. The molecular formula is C38H49N3O3. The highest BCUT2D eigenvalue weighted by Gasteiger charge is 2.26. The van der Waals surface area contributed by atoms with E-state index >= 15 is 0 Å². The third-order valence-electron chi connectivity index (χ3n) is 8.98. The number of carbonyl (C=O) groups is 1. The Morgan fingerprint density at radius 1 is 0.864 bits per heavy atom. The highest BCUT2D eigenvalue weighted by atomic mass is 16.5. The Kier molecular flexibility index (Phi) is 10.6. The van der Waals surface area contributed by atoms with Gasteiger partial charge >= 0.3 is 0 Å². The molecule has 3 aromatic carbocycles. The largest absolute Gasteiger partial charge is 0.497 e. The summed E-state index contributed by atoms with van der Waals surface area (Å²) in [5.74, 6) is 1.58. The van der Waals surface area contributed by atoms with Crippen LogP contribution >= 0.6 is 0 Å². The molecule has 6 nitrogen and oxygen atoms in total. The van der Waals surface area contributed by atoms with Gasteiger partial charge in [0.25, 0.3) is 5.91 Å². The van der Waals surface area contributed by atoms with Gasteiger partial charge < -0.3 is 14.8 Å². The predicted molar refractivity (Wildman–Crippen MR) is 180 cm³/mol. The molecule has 0 saturated heterocycles. The fourth-order valence-electron chi connectivity index (χ4n) is 5.03. The smallest absolute Gasteiger partial charge is 0.270 e. The fraction of sp³-hybridized carbons (Fsp3) is 0.421. The summed E-state index contributed by atoms with van der Waals surface area (Å²) in [6.07, 6.45) is 3.76. The van der Waals surface area contributed by atoms with Crippen LogP contribution in [0, 0.1) is 6.92 Å². The van der Waals surface area contributed by atoms with Crippen molar-refractivity contribution >= 4 is 5.91 Å². The summed E-state index contributed by atoms with van der Waals surface area (Å²) < 4.78 is 13.4. The first-order chi connectivity index (χ1) is 21.0. The Labute approximate surface area is 263 Å². The average Bonchev–Trinajstić information content (AvgIpc) is 3.48. The molecule has 1 aromatic heterocycles. The number of amides is 1. The maximum atomic E-state index is 13.4. The molecule has 0 bridgehead atoms. The van der Waals surface area contributed by atoms with Gasteiger partial charge in [-0.1, -0.05) is 71.4 Å². The predicted octanol–water partition coefficient (Wildman–Crippen LogP) is 8.82. The lowest BCUT2D eigenvalue weighted by Crippen LogP contribution is -2.27. The van der Waals surface area contributed by atoms with Crippen LogP contribution in [-0.2, 0) is 10.8 Å². The summed E-state index contributed by atoms with van der Waals surface area (Å²) in [6.45, 7) is 16.8. The van der Waals surface area contributed by atoms with Gasteiger partial charge in [-0.3, -0.25) is 4.79 Å². The topological polar surface area (TPSA) is 65.4 Å². The van der Waals surface area contributed by atoms with E-state index in [9.17, 15) is 4.79 Å². The van der Waals surface area contributed by atoms with Crippen LogP contribution in [0.3, 0.4) is 0 Å². The molecule has 0 fully saturated rings. The number of aryl methyl sites for hydroxylation is 1. The minimum absolute atomic E-state index is 0.0220. The van der Waals surface area contributed by atoms with Crippen LogP contribution in [0.5, 0.6) is 11.5 Å².